The molecule has 3 N–H and O–H groups in total. The standard InChI is InChI=1S/C20H27N3O4/c1-12-7-8-17(27-2)16(9-12)23-11-13(10-18(23)24)20(26)22-15-6-4-3-5-14(15)19(21)25/h7-9,13-15H,3-6,10-11H2,1-2H3,(H2,21,25)(H,22,26)/t13-,14+,15+/m1/s1. The molecule has 1 saturated carbocycles. The predicted molar refractivity (Wildman–Crippen MR) is 101 cm³/mol. The number of anilines is 1. The molecule has 0 spiro atoms. The molecular formula is C20H27N3O4. The number of hydrogen-bond donors (Lipinski definition) is 2. The molecule has 0 bridgehead atoms. The van der Waals surface area contributed by atoms with Crippen LogP contribution < -0.4 is 20.7 Å². The number of nitrogens with two attached hydrogens (primary N) is 1. The summed E-state index contributed by atoms with van der Waals surface area (Å²) in [6.45, 7) is 2.25. The molecule has 7 heteroatoms. The lowest BCUT2D eigenvalue weighted by Gasteiger charge is -2.30. The molecule has 3 atom stereocenters. The van der Waals surface area contributed by atoms with Gasteiger partial charge in [0.25, 0.3) is 0 Å². The number of amides is 3. The van der Waals surface area contributed by atoms with Gasteiger partial charge in [-0.15, -0.1) is 0 Å². The number of primary amides is 1. The number of rotatable bonds is 5. The first kappa shape index (κ1) is 19.2. The summed E-state index contributed by atoms with van der Waals surface area (Å²) in [5.74, 6) is -0.819. The predicted octanol–water partition coefficient (Wildman–Crippen LogP) is 1.52. The van der Waals surface area contributed by atoms with Crippen molar-refractivity contribution in [3.05, 3.63) is 23.8 Å². The lowest BCUT2D eigenvalue weighted by molar-refractivity contribution is -0.129. The Hall–Kier alpha value is -2.57. The van der Waals surface area contributed by atoms with Crippen molar-refractivity contribution in [2.75, 3.05) is 18.6 Å². The van der Waals surface area contributed by atoms with Crippen molar-refractivity contribution >= 4 is 23.4 Å². The molecule has 2 aliphatic rings. The van der Waals surface area contributed by atoms with Gasteiger partial charge >= 0.3 is 0 Å². The second kappa shape index (κ2) is 7.98. The van der Waals surface area contributed by atoms with Gasteiger partial charge in [-0.3, -0.25) is 14.4 Å². The fourth-order valence-corrected chi connectivity index (χ4v) is 4.07. The van der Waals surface area contributed by atoms with Crippen molar-refractivity contribution in [1.29, 1.82) is 0 Å². The summed E-state index contributed by atoms with van der Waals surface area (Å²) < 4.78 is 5.37. The molecule has 7 nitrogen and oxygen atoms in total. The van der Waals surface area contributed by atoms with Crippen molar-refractivity contribution < 1.29 is 19.1 Å². The number of carbonyl (C=O) groups is 3. The molecule has 27 heavy (non-hydrogen) atoms. The molecule has 0 unspecified atom stereocenters. The zero-order valence-electron chi connectivity index (χ0n) is 15.9. The summed E-state index contributed by atoms with van der Waals surface area (Å²) in [6.07, 6.45) is 3.51. The summed E-state index contributed by atoms with van der Waals surface area (Å²) in [7, 11) is 1.56. The lowest BCUT2D eigenvalue weighted by Crippen LogP contribution is -2.49. The van der Waals surface area contributed by atoms with Gasteiger partial charge in [0.15, 0.2) is 0 Å². The highest BCUT2D eigenvalue weighted by atomic mass is 16.5. The maximum absolute atomic E-state index is 12.8. The molecule has 3 rings (SSSR count). The van der Waals surface area contributed by atoms with Crippen LogP contribution in [0.2, 0.25) is 0 Å². The Balaban J connectivity index is 1.71. The molecule has 1 aromatic rings. The van der Waals surface area contributed by atoms with Crippen LogP contribution >= 0.6 is 0 Å². The second-order valence-electron chi connectivity index (χ2n) is 7.49. The van der Waals surface area contributed by atoms with Crippen LogP contribution in [0.4, 0.5) is 5.69 Å². The van der Waals surface area contributed by atoms with Crippen molar-refractivity contribution in [2.24, 2.45) is 17.6 Å². The Morgan fingerprint density at radius 2 is 2.00 bits per heavy atom. The summed E-state index contributed by atoms with van der Waals surface area (Å²) >= 11 is 0. The van der Waals surface area contributed by atoms with Crippen molar-refractivity contribution in [2.45, 2.75) is 45.1 Å². The Kier molecular flexibility index (Phi) is 5.68. The minimum Gasteiger partial charge on any atom is -0.495 e. The highest BCUT2D eigenvalue weighted by Gasteiger charge is 2.38. The van der Waals surface area contributed by atoms with E-state index in [4.69, 9.17) is 10.5 Å². The third kappa shape index (κ3) is 4.07. The van der Waals surface area contributed by atoms with Crippen molar-refractivity contribution in [3.8, 4) is 5.75 Å². The van der Waals surface area contributed by atoms with Crippen LogP contribution in [0.3, 0.4) is 0 Å². The molecule has 1 aliphatic carbocycles. The molecule has 2 fully saturated rings. The van der Waals surface area contributed by atoms with Crippen molar-refractivity contribution in [1.82, 2.24) is 5.32 Å². The van der Waals surface area contributed by atoms with E-state index in [0.29, 0.717) is 24.4 Å². The van der Waals surface area contributed by atoms with Gasteiger partial charge in [-0.2, -0.15) is 0 Å². The molecule has 1 aromatic carbocycles. The third-order valence-electron chi connectivity index (χ3n) is 5.58. The number of hydrogen-bond acceptors (Lipinski definition) is 4. The van der Waals surface area contributed by atoms with Crippen LogP contribution in [-0.4, -0.2) is 37.4 Å². The van der Waals surface area contributed by atoms with Crippen LogP contribution in [0.1, 0.15) is 37.7 Å². The molecule has 1 aliphatic heterocycles. The van der Waals surface area contributed by atoms with E-state index in [9.17, 15) is 14.4 Å². The molecule has 1 saturated heterocycles. The fraction of sp³-hybridized carbons (Fsp3) is 0.550. The zero-order valence-corrected chi connectivity index (χ0v) is 15.9. The second-order valence-corrected chi connectivity index (χ2v) is 7.49. The van der Waals surface area contributed by atoms with Crippen LogP contribution in [0.5, 0.6) is 5.75 Å². The number of aryl methyl sites for hydroxylation is 1. The summed E-state index contributed by atoms with van der Waals surface area (Å²) in [5, 5.41) is 2.97. The smallest absolute Gasteiger partial charge is 0.227 e. The number of ether oxygens (including phenoxy) is 1. The van der Waals surface area contributed by atoms with E-state index in [0.717, 1.165) is 24.8 Å². The first-order valence-corrected chi connectivity index (χ1v) is 9.45. The molecule has 0 aromatic heterocycles. The number of nitrogens with zero attached hydrogens (tertiary/aromatic N) is 1. The van der Waals surface area contributed by atoms with Gasteiger partial charge in [0.2, 0.25) is 17.7 Å². The number of methoxy groups -OCH3 is 1. The zero-order chi connectivity index (χ0) is 19.6. The van der Waals surface area contributed by atoms with E-state index < -0.39 is 5.92 Å². The van der Waals surface area contributed by atoms with Crippen LogP contribution in [0.25, 0.3) is 0 Å². The van der Waals surface area contributed by atoms with Gasteiger partial charge in [-0.05, 0) is 37.5 Å². The van der Waals surface area contributed by atoms with E-state index >= 15 is 0 Å². The van der Waals surface area contributed by atoms with E-state index in [1.165, 1.54) is 0 Å². The largest absolute Gasteiger partial charge is 0.495 e. The van der Waals surface area contributed by atoms with Gasteiger partial charge in [0.1, 0.15) is 5.75 Å². The van der Waals surface area contributed by atoms with E-state index in [2.05, 4.69) is 5.32 Å². The van der Waals surface area contributed by atoms with E-state index in [1.807, 2.05) is 25.1 Å². The quantitative estimate of drug-likeness (QED) is 0.817. The SMILES string of the molecule is COc1ccc(C)cc1N1C[C@H](C(=O)N[C@H]2CCCC[C@@H]2C(N)=O)CC1=O. The Bertz CT molecular complexity index is 749. The highest BCUT2D eigenvalue weighted by molar-refractivity contribution is 6.01. The van der Waals surface area contributed by atoms with E-state index in [1.54, 1.807) is 12.0 Å². The molecule has 3 amide bonds. The summed E-state index contributed by atoms with van der Waals surface area (Å²) in [5.41, 5.74) is 7.18. The molecular weight excluding hydrogens is 346 g/mol. The fourth-order valence-electron chi connectivity index (χ4n) is 4.07. The van der Waals surface area contributed by atoms with Gasteiger partial charge in [0.05, 0.1) is 24.6 Å². The average Bonchev–Trinajstić information content (AvgIpc) is 3.03. The minimum atomic E-state index is -0.446. The maximum atomic E-state index is 12.8. The van der Waals surface area contributed by atoms with Crippen LogP contribution in [0, 0.1) is 18.8 Å². The Labute approximate surface area is 159 Å². The van der Waals surface area contributed by atoms with E-state index in [-0.39, 0.29) is 36.1 Å². The normalized spacial score (nSPS) is 25.3. The van der Waals surface area contributed by atoms with Crippen molar-refractivity contribution in [3.63, 3.8) is 0 Å². The molecule has 146 valence electrons. The Morgan fingerprint density at radius 3 is 2.70 bits per heavy atom. The van der Waals surface area contributed by atoms with Gasteiger partial charge in [0, 0.05) is 19.0 Å². The van der Waals surface area contributed by atoms with Gasteiger partial charge in [-0.1, -0.05) is 18.9 Å². The third-order valence-corrected chi connectivity index (χ3v) is 5.58. The minimum absolute atomic E-state index is 0.103. The number of carbonyl (C=O) groups excluding carboxylic acids is 3. The molecule has 1 heterocycles. The van der Waals surface area contributed by atoms with Crippen LogP contribution in [-0.2, 0) is 14.4 Å². The number of benzene rings is 1. The van der Waals surface area contributed by atoms with Crippen LogP contribution in [0.15, 0.2) is 18.2 Å². The first-order valence-electron chi connectivity index (χ1n) is 9.45. The lowest BCUT2D eigenvalue weighted by atomic mass is 9.83. The highest BCUT2D eigenvalue weighted by Crippen LogP contribution is 2.34. The topological polar surface area (TPSA) is 102 Å². The summed E-state index contributed by atoms with van der Waals surface area (Å²) in [6, 6.07) is 5.40. The molecule has 0 radical (unpaired) electrons. The maximum Gasteiger partial charge on any atom is 0.227 e. The van der Waals surface area contributed by atoms with Gasteiger partial charge < -0.3 is 20.7 Å². The Morgan fingerprint density at radius 1 is 1.26 bits per heavy atom. The number of nitrogens with one attached hydrogen (secondary N) is 1. The van der Waals surface area contributed by atoms with Gasteiger partial charge in [-0.25, -0.2) is 0 Å². The monoisotopic (exact) mass is 373 g/mol. The first-order chi connectivity index (χ1) is 12.9. The average molecular weight is 373 g/mol. The summed E-state index contributed by atoms with van der Waals surface area (Å²) in [4.78, 5) is 38.6.